The lowest BCUT2D eigenvalue weighted by atomic mass is 10.0. The summed E-state index contributed by atoms with van der Waals surface area (Å²) in [6, 6.07) is 10.5. The second-order valence-corrected chi connectivity index (χ2v) is 8.32. The largest absolute Gasteiger partial charge is 0.460 e. The van der Waals surface area contributed by atoms with E-state index in [1.807, 2.05) is 4.72 Å². The number of halogens is 7. The Morgan fingerprint density at radius 2 is 1.45 bits per heavy atom. The molecule has 3 aromatic rings. The molecule has 0 saturated carbocycles. The molecule has 0 aliphatic rings. The molecule has 1 heterocycles. The number of aromatic nitrogens is 1. The van der Waals surface area contributed by atoms with Crippen molar-refractivity contribution < 1.29 is 39.2 Å². The summed E-state index contributed by atoms with van der Waals surface area (Å²) in [6.07, 6.45) is -6.56. The Hall–Kier alpha value is -2.89. The molecule has 0 aliphatic carbocycles. The molecule has 1 aromatic heterocycles. The van der Waals surface area contributed by atoms with Crippen LogP contribution in [-0.4, -0.2) is 25.5 Å². The second kappa shape index (κ2) is 7.36. The van der Waals surface area contributed by atoms with Crippen molar-refractivity contribution in [3.63, 3.8) is 0 Å². The highest BCUT2D eigenvalue weighted by atomic mass is 32.2. The summed E-state index contributed by atoms with van der Waals surface area (Å²) in [5, 5.41) is -0.0759. The van der Waals surface area contributed by atoms with E-state index in [2.05, 4.69) is 4.98 Å². The lowest BCUT2D eigenvalue weighted by Crippen LogP contribution is -2.50. The van der Waals surface area contributed by atoms with Gasteiger partial charge in [0, 0.05) is 5.39 Å². The zero-order chi connectivity index (χ0) is 23.2. The Kier molecular flexibility index (Phi) is 5.41. The van der Waals surface area contributed by atoms with Gasteiger partial charge in [0.15, 0.2) is 0 Å². The SMILES string of the molecule is Cc1ccc(S(=O)(=O)Nc2cc(C(F)(F)C(F)(F)C(F)(F)F)nc3ccccc23)cc1. The normalized spacial score (nSPS) is 13.4. The minimum atomic E-state index is -6.56. The molecule has 31 heavy (non-hydrogen) atoms. The first kappa shape index (κ1) is 22.8. The molecular weight excluding hydrogens is 453 g/mol. The number of sulfonamides is 1. The van der Waals surface area contributed by atoms with Crippen LogP contribution in [0.1, 0.15) is 11.3 Å². The molecule has 0 amide bonds. The van der Waals surface area contributed by atoms with Gasteiger partial charge in [0.25, 0.3) is 10.0 Å². The van der Waals surface area contributed by atoms with Crippen LogP contribution in [0.25, 0.3) is 10.9 Å². The van der Waals surface area contributed by atoms with Crippen molar-refractivity contribution in [3.8, 4) is 0 Å². The number of hydrogen-bond acceptors (Lipinski definition) is 3. The Morgan fingerprint density at radius 1 is 0.871 bits per heavy atom. The zero-order valence-corrected chi connectivity index (χ0v) is 16.3. The van der Waals surface area contributed by atoms with Crippen molar-refractivity contribution in [3.05, 3.63) is 65.9 Å². The van der Waals surface area contributed by atoms with Crippen LogP contribution in [0.15, 0.2) is 59.5 Å². The summed E-state index contributed by atoms with van der Waals surface area (Å²) in [6.45, 7) is 1.69. The monoisotopic (exact) mass is 466 g/mol. The lowest BCUT2D eigenvalue weighted by Gasteiger charge is -2.28. The fourth-order valence-corrected chi connectivity index (χ4v) is 3.75. The molecule has 4 nitrogen and oxygen atoms in total. The summed E-state index contributed by atoms with van der Waals surface area (Å²) < 4.78 is 120. The first-order valence-electron chi connectivity index (χ1n) is 8.49. The number of para-hydroxylation sites is 1. The maximum atomic E-state index is 14.2. The van der Waals surface area contributed by atoms with E-state index in [-0.39, 0.29) is 16.3 Å². The average Bonchev–Trinajstić information content (AvgIpc) is 2.67. The van der Waals surface area contributed by atoms with Gasteiger partial charge in [-0.05, 0) is 31.2 Å². The van der Waals surface area contributed by atoms with Crippen molar-refractivity contribution >= 4 is 26.6 Å². The molecule has 0 radical (unpaired) electrons. The van der Waals surface area contributed by atoms with Gasteiger partial charge in [-0.3, -0.25) is 4.72 Å². The van der Waals surface area contributed by atoms with Crippen LogP contribution in [0.3, 0.4) is 0 Å². The summed E-state index contributed by atoms with van der Waals surface area (Å²) >= 11 is 0. The zero-order valence-electron chi connectivity index (χ0n) is 15.5. The lowest BCUT2D eigenvalue weighted by molar-refractivity contribution is -0.360. The molecule has 0 saturated heterocycles. The average molecular weight is 466 g/mol. The van der Waals surface area contributed by atoms with Crippen molar-refractivity contribution in [2.75, 3.05) is 4.72 Å². The first-order chi connectivity index (χ1) is 14.2. The van der Waals surface area contributed by atoms with Crippen molar-refractivity contribution in [1.82, 2.24) is 4.98 Å². The Balaban J connectivity index is 2.18. The molecule has 0 spiro atoms. The molecule has 3 rings (SSSR count). The van der Waals surface area contributed by atoms with Crippen LogP contribution in [0, 0.1) is 6.92 Å². The molecule has 0 atom stereocenters. The van der Waals surface area contributed by atoms with Gasteiger partial charge in [-0.1, -0.05) is 35.9 Å². The molecule has 0 aliphatic heterocycles. The molecule has 0 bridgehead atoms. The van der Waals surface area contributed by atoms with Gasteiger partial charge < -0.3 is 0 Å². The standard InChI is InChI=1S/C19H13F7N2O2S/c1-11-6-8-12(9-7-11)31(29,30)28-15-10-16(27-14-5-3-2-4-13(14)15)17(20,21)18(22,23)19(24,25)26/h2-10H,1H3,(H,27,28). The van der Waals surface area contributed by atoms with E-state index >= 15 is 0 Å². The van der Waals surface area contributed by atoms with E-state index < -0.39 is 44.9 Å². The third-order valence-corrected chi connectivity index (χ3v) is 5.75. The molecule has 166 valence electrons. The summed E-state index contributed by atoms with van der Waals surface area (Å²) in [5.74, 6) is -12.2. The van der Waals surface area contributed by atoms with Crippen LogP contribution in [0.4, 0.5) is 36.4 Å². The van der Waals surface area contributed by atoms with Gasteiger partial charge in [-0.15, -0.1) is 0 Å². The fraction of sp³-hybridized carbons (Fsp3) is 0.211. The minimum Gasteiger partial charge on any atom is -0.279 e. The summed E-state index contributed by atoms with van der Waals surface area (Å²) in [7, 11) is -4.38. The van der Waals surface area contributed by atoms with E-state index in [9.17, 15) is 39.2 Å². The topological polar surface area (TPSA) is 59.1 Å². The van der Waals surface area contributed by atoms with Gasteiger partial charge in [-0.2, -0.15) is 30.7 Å². The van der Waals surface area contributed by atoms with Crippen molar-refractivity contribution in [1.29, 1.82) is 0 Å². The predicted molar refractivity (Wildman–Crippen MR) is 98.6 cm³/mol. The number of pyridine rings is 1. The molecule has 0 unspecified atom stereocenters. The first-order valence-corrected chi connectivity index (χ1v) is 9.97. The van der Waals surface area contributed by atoms with E-state index in [1.165, 1.54) is 42.5 Å². The third-order valence-electron chi connectivity index (χ3n) is 4.36. The number of anilines is 1. The van der Waals surface area contributed by atoms with Crippen LogP contribution >= 0.6 is 0 Å². The van der Waals surface area contributed by atoms with Gasteiger partial charge in [0.05, 0.1) is 16.1 Å². The Labute approximate surface area is 171 Å². The second-order valence-electron chi connectivity index (χ2n) is 6.64. The maximum Gasteiger partial charge on any atom is 0.460 e. The van der Waals surface area contributed by atoms with Gasteiger partial charge in [0.1, 0.15) is 5.69 Å². The van der Waals surface area contributed by atoms with Crippen LogP contribution in [0.2, 0.25) is 0 Å². The van der Waals surface area contributed by atoms with Crippen molar-refractivity contribution in [2.45, 2.75) is 29.8 Å². The molecule has 12 heteroatoms. The molecular formula is C19H13F7N2O2S. The van der Waals surface area contributed by atoms with Crippen LogP contribution in [0.5, 0.6) is 0 Å². The number of hydrogen-bond donors (Lipinski definition) is 1. The fourth-order valence-electron chi connectivity index (χ4n) is 2.68. The predicted octanol–water partition coefficient (Wildman–Crippen LogP) is 5.63. The Bertz CT molecular complexity index is 1220. The Morgan fingerprint density at radius 3 is 2.03 bits per heavy atom. The van der Waals surface area contributed by atoms with E-state index in [4.69, 9.17) is 0 Å². The summed E-state index contributed by atoms with van der Waals surface area (Å²) in [5.41, 5.74) is -2.24. The number of nitrogens with zero attached hydrogens (tertiary/aromatic N) is 1. The number of rotatable bonds is 5. The highest BCUT2D eigenvalue weighted by Gasteiger charge is 2.74. The quantitative estimate of drug-likeness (QED) is 0.496. The number of nitrogens with one attached hydrogen (secondary N) is 1. The smallest absolute Gasteiger partial charge is 0.279 e. The minimum absolute atomic E-state index is 0.0759. The third kappa shape index (κ3) is 4.03. The van der Waals surface area contributed by atoms with Gasteiger partial charge >= 0.3 is 18.0 Å². The molecule has 0 fully saturated rings. The van der Waals surface area contributed by atoms with Gasteiger partial charge in [-0.25, -0.2) is 13.4 Å². The molecule has 1 N–H and O–H groups in total. The maximum absolute atomic E-state index is 14.2. The highest BCUT2D eigenvalue weighted by Crippen LogP contribution is 2.52. The number of benzene rings is 2. The number of aryl methyl sites for hydroxylation is 1. The highest BCUT2D eigenvalue weighted by molar-refractivity contribution is 7.92. The van der Waals surface area contributed by atoms with Gasteiger partial charge in [0.2, 0.25) is 0 Å². The summed E-state index contributed by atoms with van der Waals surface area (Å²) in [4.78, 5) is 2.97. The van der Waals surface area contributed by atoms with E-state index in [0.29, 0.717) is 0 Å². The number of fused-ring (bicyclic) bond motifs is 1. The molecule has 2 aromatic carbocycles. The van der Waals surface area contributed by atoms with Crippen LogP contribution in [-0.2, 0) is 15.9 Å². The van der Waals surface area contributed by atoms with E-state index in [1.54, 1.807) is 6.92 Å². The van der Waals surface area contributed by atoms with Crippen molar-refractivity contribution in [2.24, 2.45) is 0 Å². The van der Waals surface area contributed by atoms with Crippen LogP contribution < -0.4 is 4.72 Å². The number of alkyl halides is 7. The van der Waals surface area contributed by atoms with E-state index in [0.717, 1.165) is 11.6 Å².